The van der Waals surface area contributed by atoms with Gasteiger partial charge in [0, 0.05) is 45.2 Å². The van der Waals surface area contributed by atoms with E-state index in [1.54, 1.807) is 42.5 Å². The Labute approximate surface area is 195 Å². The van der Waals surface area contributed by atoms with Gasteiger partial charge in [-0.25, -0.2) is 0 Å². The normalized spacial score (nSPS) is 16.6. The van der Waals surface area contributed by atoms with E-state index in [2.05, 4.69) is 4.90 Å². The van der Waals surface area contributed by atoms with Crippen LogP contribution in [0.2, 0.25) is 0 Å². The summed E-state index contributed by atoms with van der Waals surface area (Å²) in [6.45, 7) is 1.96. The number of hydrogen-bond acceptors (Lipinski definition) is 6. The first-order valence-corrected chi connectivity index (χ1v) is 12.0. The maximum atomic E-state index is 13.6. The van der Waals surface area contributed by atoms with Crippen molar-refractivity contribution >= 4 is 27.2 Å². The summed E-state index contributed by atoms with van der Waals surface area (Å²) in [6.07, 6.45) is 2.85. The van der Waals surface area contributed by atoms with Crippen molar-refractivity contribution in [2.45, 2.75) is 25.0 Å². The minimum Gasteiger partial charge on any atom is -0.508 e. The molecule has 0 radical (unpaired) electrons. The summed E-state index contributed by atoms with van der Waals surface area (Å²) in [5.41, 5.74) is 2.04. The molecule has 2 aliphatic rings. The SMILES string of the molecule is O=C(c1ccc(OC2CN(C3CC3)C2)cc1)c1c(-c2ccc(O)cc2)sc2cc(O)ccc12. The molecule has 3 aromatic carbocycles. The average Bonchev–Trinajstić information content (AvgIpc) is 3.56. The van der Waals surface area contributed by atoms with Crippen LogP contribution in [0, 0.1) is 0 Å². The number of carbonyl (C=O) groups is 1. The van der Waals surface area contributed by atoms with E-state index in [1.165, 1.54) is 24.2 Å². The predicted octanol–water partition coefficient (Wildman–Crippen LogP) is 5.44. The van der Waals surface area contributed by atoms with Crippen LogP contribution in [0.25, 0.3) is 20.5 Å². The molecular formula is C27H23NO4S. The van der Waals surface area contributed by atoms with Crippen molar-refractivity contribution < 1.29 is 19.7 Å². The molecule has 1 aliphatic heterocycles. The number of thiophene rings is 1. The third-order valence-electron chi connectivity index (χ3n) is 6.39. The van der Waals surface area contributed by atoms with Gasteiger partial charge in [-0.2, -0.15) is 0 Å². The minimum absolute atomic E-state index is 0.0786. The lowest BCUT2D eigenvalue weighted by atomic mass is 9.97. The number of ether oxygens (including phenoxy) is 1. The number of carbonyl (C=O) groups excluding carboxylic acids is 1. The fraction of sp³-hybridized carbons (Fsp3) is 0.222. The van der Waals surface area contributed by atoms with Gasteiger partial charge in [0.25, 0.3) is 0 Å². The summed E-state index contributed by atoms with van der Waals surface area (Å²) in [7, 11) is 0. The van der Waals surface area contributed by atoms with Gasteiger partial charge in [0.2, 0.25) is 0 Å². The molecule has 5 nitrogen and oxygen atoms in total. The van der Waals surface area contributed by atoms with Crippen molar-refractivity contribution in [3.8, 4) is 27.7 Å². The fourth-order valence-corrected chi connectivity index (χ4v) is 5.67. The average molecular weight is 458 g/mol. The quantitative estimate of drug-likeness (QED) is 0.378. The van der Waals surface area contributed by atoms with Crippen LogP contribution in [0.4, 0.5) is 0 Å². The van der Waals surface area contributed by atoms with Crippen molar-refractivity contribution in [1.82, 2.24) is 4.90 Å². The Kier molecular flexibility index (Phi) is 4.85. The predicted molar refractivity (Wildman–Crippen MR) is 129 cm³/mol. The Morgan fingerprint density at radius 2 is 1.61 bits per heavy atom. The summed E-state index contributed by atoms with van der Waals surface area (Å²) in [4.78, 5) is 16.9. The van der Waals surface area contributed by atoms with Gasteiger partial charge in [0.15, 0.2) is 5.78 Å². The first kappa shape index (κ1) is 20.3. The number of nitrogens with zero attached hydrogens (tertiary/aromatic N) is 1. The first-order valence-electron chi connectivity index (χ1n) is 11.2. The lowest BCUT2D eigenvalue weighted by Gasteiger charge is -2.39. The van der Waals surface area contributed by atoms with Crippen LogP contribution in [0.5, 0.6) is 17.2 Å². The van der Waals surface area contributed by atoms with Gasteiger partial charge >= 0.3 is 0 Å². The number of phenols is 2. The molecule has 0 amide bonds. The second-order valence-electron chi connectivity index (χ2n) is 8.81. The summed E-state index contributed by atoms with van der Waals surface area (Å²) in [6, 6.07) is 20.1. The molecule has 0 atom stereocenters. The molecule has 6 rings (SSSR count). The van der Waals surface area contributed by atoms with Crippen molar-refractivity contribution in [2.75, 3.05) is 13.1 Å². The molecule has 166 valence electrons. The Balaban J connectivity index is 1.30. The van der Waals surface area contributed by atoms with Crippen LogP contribution in [-0.4, -0.2) is 46.1 Å². The van der Waals surface area contributed by atoms with E-state index in [0.717, 1.165) is 45.4 Å². The van der Waals surface area contributed by atoms with E-state index in [9.17, 15) is 15.0 Å². The number of hydrogen-bond donors (Lipinski definition) is 2. The lowest BCUT2D eigenvalue weighted by molar-refractivity contribution is 0.0143. The van der Waals surface area contributed by atoms with E-state index < -0.39 is 0 Å². The van der Waals surface area contributed by atoms with Crippen LogP contribution < -0.4 is 4.74 Å². The highest BCUT2D eigenvalue weighted by Crippen LogP contribution is 2.41. The van der Waals surface area contributed by atoms with E-state index >= 15 is 0 Å². The largest absolute Gasteiger partial charge is 0.508 e. The number of fused-ring (bicyclic) bond motifs is 1. The second kappa shape index (κ2) is 7.90. The summed E-state index contributed by atoms with van der Waals surface area (Å²) in [5.74, 6) is 1.04. The molecule has 1 saturated heterocycles. The van der Waals surface area contributed by atoms with Gasteiger partial charge in [-0.3, -0.25) is 9.69 Å². The molecule has 33 heavy (non-hydrogen) atoms. The van der Waals surface area contributed by atoms with Gasteiger partial charge in [-0.15, -0.1) is 11.3 Å². The van der Waals surface area contributed by atoms with E-state index in [1.807, 2.05) is 24.3 Å². The standard InChI is InChI=1S/C27H23NO4S/c29-19-7-1-17(2-8-19)27-25(23-12-9-20(30)13-24(23)33-27)26(31)16-3-10-21(11-4-16)32-22-14-28(15-22)18-5-6-18/h1-4,7-13,18,22,29-30H,5-6,14-15H2. The lowest BCUT2D eigenvalue weighted by Crippen LogP contribution is -2.54. The van der Waals surface area contributed by atoms with Gasteiger partial charge in [0.1, 0.15) is 23.4 Å². The van der Waals surface area contributed by atoms with Gasteiger partial charge in [-0.05, 0) is 85.1 Å². The highest BCUT2D eigenvalue weighted by molar-refractivity contribution is 7.22. The van der Waals surface area contributed by atoms with Gasteiger partial charge < -0.3 is 14.9 Å². The van der Waals surface area contributed by atoms with Crippen LogP contribution in [-0.2, 0) is 0 Å². The number of benzene rings is 3. The zero-order chi connectivity index (χ0) is 22.5. The number of ketones is 1. The van der Waals surface area contributed by atoms with E-state index in [4.69, 9.17) is 4.74 Å². The maximum absolute atomic E-state index is 13.6. The Bertz CT molecular complexity index is 1330. The topological polar surface area (TPSA) is 70.0 Å². The summed E-state index contributed by atoms with van der Waals surface area (Å²) < 4.78 is 6.91. The van der Waals surface area contributed by atoms with Gasteiger partial charge in [-0.1, -0.05) is 0 Å². The number of rotatable bonds is 6. The van der Waals surface area contributed by atoms with Crippen LogP contribution in [0.15, 0.2) is 66.7 Å². The third kappa shape index (κ3) is 3.86. The van der Waals surface area contributed by atoms with E-state index in [-0.39, 0.29) is 23.4 Å². The monoisotopic (exact) mass is 457 g/mol. The highest BCUT2D eigenvalue weighted by Gasteiger charge is 2.38. The highest BCUT2D eigenvalue weighted by atomic mass is 32.1. The number of likely N-dealkylation sites (tertiary alicyclic amines) is 1. The molecule has 1 saturated carbocycles. The van der Waals surface area contributed by atoms with Crippen molar-refractivity contribution in [3.05, 3.63) is 77.9 Å². The maximum Gasteiger partial charge on any atom is 0.195 e. The molecule has 0 unspecified atom stereocenters. The molecule has 6 heteroatoms. The van der Waals surface area contributed by atoms with Gasteiger partial charge in [0.05, 0.1) is 0 Å². The fourth-order valence-electron chi connectivity index (χ4n) is 4.43. The number of phenolic OH excluding ortho intramolecular Hbond substituents is 2. The Morgan fingerprint density at radius 3 is 2.30 bits per heavy atom. The smallest absolute Gasteiger partial charge is 0.195 e. The number of aromatic hydroxyl groups is 2. The molecule has 1 aromatic heterocycles. The first-order chi connectivity index (χ1) is 16.0. The summed E-state index contributed by atoms with van der Waals surface area (Å²) >= 11 is 1.46. The third-order valence-corrected chi connectivity index (χ3v) is 7.59. The molecule has 2 fully saturated rings. The Morgan fingerprint density at radius 1 is 0.909 bits per heavy atom. The summed E-state index contributed by atoms with van der Waals surface area (Å²) in [5, 5.41) is 20.4. The molecular weight excluding hydrogens is 434 g/mol. The van der Waals surface area contributed by atoms with Crippen LogP contribution in [0.3, 0.4) is 0 Å². The molecule has 0 spiro atoms. The van der Waals surface area contributed by atoms with E-state index in [0.29, 0.717) is 11.1 Å². The Hall–Kier alpha value is -3.35. The molecule has 1 aliphatic carbocycles. The van der Waals surface area contributed by atoms with Crippen molar-refractivity contribution in [3.63, 3.8) is 0 Å². The molecule has 2 heterocycles. The zero-order valence-corrected chi connectivity index (χ0v) is 18.7. The molecule has 4 aromatic rings. The van der Waals surface area contributed by atoms with Crippen molar-refractivity contribution in [2.24, 2.45) is 0 Å². The zero-order valence-electron chi connectivity index (χ0n) is 17.9. The molecule has 2 N–H and O–H groups in total. The molecule has 0 bridgehead atoms. The van der Waals surface area contributed by atoms with Crippen molar-refractivity contribution in [1.29, 1.82) is 0 Å². The van der Waals surface area contributed by atoms with Crippen LogP contribution >= 0.6 is 11.3 Å². The van der Waals surface area contributed by atoms with Crippen LogP contribution in [0.1, 0.15) is 28.8 Å². The minimum atomic E-state index is -0.0786. The second-order valence-corrected chi connectivity index (χ2v) is 9.86.